The zero-order valence-corrected chi connectivity index (χ0v) is 13.6. The molecule has 0 fully saturated rings. The van der Waals surface area contributed by atoms with Gasteiger partial charge in [-0.05, 0) is 12.1 Å². The van der Waals surface area contributed by atoms with Crippen molar-refractivity contribution in [3.05, 3.63) is 28.4 Å². The molecule has 0 atom stereocenters. The topological polar surface area (TPSA) is 97.3 Å². The molecule has 0 saturated carbocycles. The quantitative estimate of drug-likeness (QED) is 0.753. The van der Waals surface area contributed by atoms with E-state index in [1.807, 2.05) is 0 Å². The van der Waals surface area contributed by atoms with Crippen molar-refractivity contribution in [3.8, 4) is 11.5 Å². The van der Waals surface area contributed by atoms with Gasteiger partial charge in [-0.15, -0.1) is 0 Å². The average Bonchev–Trinajstić information content (AvgIpc) is 3.16. The van der Waals surface area contributed by atoms with Gasteiger partial charge in [0.05, 0.1) is 30.9 Å². The van der Waals surface area contributed by atoms with Crippen molar-refractivity contribution >= 4 is 29.2 Å². The van der Waals surface area contributed by atoms with Crippen LogP contribution in [-0.4, -0.2) is 55.5 Å². The van der Waals surface area contributed by atoms with E-state index in [-0.39, 0.29) is 37.8 Å². The third kappa shape index (κ3) is 2.74. The van der Waals surface area contributed by atoms with Gasteiger partial charge >= 0.3 is 5.97 Å². The highest BCUT2D eigenvalue weighted by Crippen LogP contribution is 2.44. The van der Waals surface area contributed by atoms with Crippen molar-refractivity contribution in [2.24, 2.45) is 0 Å². The molecular weight excluding hydrogens is 340 g/mol. The van der Waals surface area contributed by atoms with Crippen LogP contribution in [0, 0.1) is 0 Å². The number of ether oxygens (including phenoxy) is 3. The number of halogens is 1. The molecule has 9 heteroatoms. The van der Waals surface area contributed by atoms with Crippen molar-refractivity contribution in [1.29, 1.82) is 0 Å². The Morgan fingerprint density at radius 3 is 2.96 bits per heavy atom. The van der Waals surface area contributed by atoms with E-state index < -0.39 is 11.9 Å². The molecule has 0 spiro atoms. The number of aliphatic hydroxyl groups is 1. The highest BCUT2D eigenvalue weighted by molar-refractivity contribution is 6.34. The summed E-state index contributed by atoms with van der Waals surface area (Å²) in [5.74, 6) is -0.211. The molecular formula is C15H15ClN2O6. The molecule has 3 rings (SSSR count). The summed E-state index contributed by atoms with van der Waals surface area (Å²) in [6.07, 6.45) is 0. The lowest BCUT2D eigenvalue weighted by atomic mass is 10.2. The van der Waals surface area contributed by atoms with Crippen molar-refractivity contribution in [2.45, 2.75) is 0 Å². The first-order chi connectivity index (χ1) is 11.6. The highest BCUT2D eigenvalue weighted by atomic mass is 35.5. The van der Waals surface area contributed by atoms with E-state index >= 15 is 0 Å². The summed E-state index contributed by atoms with van der Waals surface area (Å²) >= 11 is 6.19. The molecule has 0 radical (unpaired) electrons. The minimum Gasteiger partial charge on any atom is -0.466 e. The van der Waals surface area contributed by atoms with E-state index in [2.05, 4.69) is 5.32 Å². The van der Waals surface area contributed by atoms with Crippen LogP contribution in [-0.2, 0) is 14.3 Å². The number of carbonyl (C=O) groups is 2. The largest absolute Gasteiger partial charge is 0.466 e. The lowest BCUT2D eigenvalue weighted by Crippen LogP contribution is -2.31. The third-order valence-corrected chi connectivity index (χ3v) is 4.01. The Hall–Kier alpha value is -2.45. The average molecular weight is 355 g/mol. The molecule has 1 aromatic carbocycles. The fraction of sp³-hybridized carbons (Fsp3) is 0.333. The normalized spacial score (nSPS) is 16.0. The van der Waals surface area contributed by atoms with E-state index in [1.54, 1.807) is 12.1 Å². The SMILES string of the molecule is COC(=O)C1=C(Nc2c(Cl)ccc3c2OCO3)C(=O)N(CCO)C1. The Balaban J connectivity index is 1.99. The molecule has 1 amide bonds. The molecule has 0 aliphatic carbocycles. The Morgan fingerprint density at radius 1 is 1.46 bits per heavy atom. The second kappa shape index (κ2) is 6.58. The van der Waals surface area contributed by atoms with Gasteiger partial charge in [-0.1, -0.05) is 11.6 Å². The van der Waals surface area contributed by atoms with Gasteiger partial charge in [0.15, 0.2) is 11.5 Å². The Bertz CT molecular complexity index is 733. The van der Waals surface area contributed by atoms with Crippen LogP contribution in [0.3, 0.4) is 0 Å². The van der Waals surface area contributed by atoms with Gasteiger partial charge < -0.3 is 29.5 Å². The fourth-order valence-corrected chi connectivity index (χ4v) is 2.73. The monoisotopic (exact) mass is 354 g/mol. The van der Waals surface area contributed by atoms with Gasteiger partial charge in [0.2, 0.25) is 6.79 Å². The number of methoxy groups -OCH3 is 1. The Morgan fingerprint density at radius 2 is 2.25 bits per heavy atom. The standard InChI is InChI=1S/C15H15ClN2O6/c1-22-15(21)8-6-18(4-5-19)14(20)11(8)17-12-9(16)2-3-10-13(12)24-7-23-10/h2-3,17,19H,4-7H2,1H3. The minimum atomic E-state index is -0.632. The van der Waals surface area contributed by atoms with Crippen LogP contribution >= 0.6 is 11.6 Å². The van der Waals surface area contributed by atoms with Crippen LogP contribution in [0.5, 0.6) is 11.5 Å². The van der Waals surface area contributed by atoms with E-state index in [9.17, 15) is 9.59 Å². The van der Waals surface area contributed by atoms with E-state index in [0.717, 1.165) is 0 Å². The molecule has 8 nitrogen and oxygen atoms in total. The van der Waals surface area contributed by atoms with E-state index in [4.69, 9.17) is 30.9 Å². The summed E-state index contributed by atoms with van der Waals surface area (Å²) in [7, 11) is 1.23. The Labute approximate surface area is 142 Å². The first-order valence-corrected chi connectivity index (χ1v) is 7.51. The lowest BCUT2D eigenvalue weighted by Gasteiger charge is -2.15. The number of carbonyl (C=O) groups excluding carboxylic acids is 2. The van der Waals surface area contributed by atoms with Gasteiger partial charge in [0.1, 0.15) is 11.4 Å². The molecule has 1 aromatic rings. The number of nitrogens with zero attached hydrogens (tertiary/aromatic N) is 1. The molecule has 0 bridgehead atoms. The molecule has 2 N–H and O–H groups in total. The van der Waals surface area contributed by atoms with E-state index in [1.165, 1.54) is 12.0 Å². The predicted octanol–water partition coefficient (Wildman–Crippen LogP) is 0.742. The van der Waals surface area contributed by atoms with Crippen LogP contribution in [0.4, 0.5) is 5.69 Å². The first-order valence-electron chi connectivity index (χ1n) is 7.13. The number of nitrogens with one attached hydrogen (secondary N) is 1. The number of rotatable bonds is 5. The van der Waals surface area contributed by atoms with Gasteiger partial charge in [-0.25, -0.2) is 4.79 Å². The number of esters is 1. The number of hydrogen-bond donors (Lipinski definition) is 2. The zero-order chi connectivity index (χ0) is 17.3. The highest BCUT2D eigenvalue weighted by Gasteiger charge is 2.35. The molecule has 2 aliphatic rings. The molecule has 0 saturated heterocycles. The number of hydrogen-bond acceptors (Lipinski definition) is 7. The van der Waals surface area contributed by atoms with Crippen LogP contribution in [0.2, 0.25) is 5.02 Å². The number of β-amino-alcohol motifs (C(OH)–C–C–N with tert-alkyl or cyclic N) is 1. The summed E-state index contributed by atoms with van der Waals surface area (Å²) in [5, 5.41) is 12.3. The number of aliphatic hydroxyl groups excluding tert-OH is 1. The van der Waals surface area contributed by atoms with Crippen LogP contribution in [0.1, 0.15) is 0 Å². The maximum atomic E-state index is 12.5. The lowest BCUT2D eigenvalue weighted by molar-refractivity contribution is -0.136. The molecule has 2 aliphatic heterocycles. The second-order valence-electron chi connectivity index (χ2n) is 5.08. The first kappa shape index (κ1) is 16.4. The van der Waals surface area contributed by atoms with Crippen molar-refractivity contribution < 1.29 is 28.9 Å². The zero-order valence-electron chi connectivity index (χ0n) is 12.8. The number of amides is 1. The van der Waals surface area contributed by atoms with Gasteiger partial charge in [0.25, 0.3) is 5.91 Å². The third-order valence-electron chi connectivity index (χ3n) is 3.69. The summed E-state index contributed by atoms with van der Waals surface area (Å²) < 4.78 is 15.4. The molecule has 2 heterocycles. The smallest absolute Gasteiger partial charge is 0.337 e. The molecule has 128 valence electrons. The van der Waals surface area contributed by atoms with Crippen molar-refractivity contribution in [3.63, 3.8) is 0 Å². The number of anilines is 1. The maximum Gasteiger partial charge on any atom is 0.337 e. The molecule has 24 heavy (non-hydrogen) atoms. The summed E-state index contributed by atoms with van der Waals surface area (Å²) in [6, 6.07) is 3.25. The van der Waals surface area contributed by atoms with Gasteiger partial charge in [0, 0.05) is 6.54 Å². The summed E-state index contributed by atoms with van der Waals surface area (Å²) in [5.41, 5.74) is 0.534. The van der Waals surface area contributed by atoms with Crippen LogP contribution < -0.4 is 14.8 Å². The predicted molar refractivity (Wildman–Crippen MR) is 83.9 cm³/mol. The summed E-state index contributed by atoms with van der Waals surface area (Å²) in [4.78, 5) is 25.8. The minimum absolute atomic E-state index is 0.0395. The van der Waals surface area contributed by atoms with Crippen molar-refractivity contribution in [2.75, 3.05) is 38.9 Å². The number of benzene rings is 1. The fourth-order valence-electron chi connectivity index (χ4n) is 2.54. The van der Waals surface area contributed by atoms with Crippen LogP contribution in [0.25, 0.3) is 0 Å². The molecule has 0 unspecified atom stereocenters. The summed E-state index contributed by atoms with van der Waals surface area (Å²) in [6.45, 7) is -0.0348. The maximum absolute atomic E-state index is 12.5. The molecule has 0 aromatic heterocycles. The second-order valence-corrected chi connectivity index (χ2v) is 5.48. The van der Waals surface area contributed by atoms with Crippen molar-refractivity contribution in [1.82, 2.24) is 4.90 Å². The van der Waals surface area contributed by atoms with Gasteiger partial charge in [-0.2, -0.15) is 0 Å². The van der Waals surface area contributed by atoms with Crippen LogP contribution in [0.15, 0.2) is 23.4 Å². The Kier molecular flexibility index (Phi) is 4.50. The van der Waals surface area contributed by atoms with E-state index in [0.29, 0.717) is 22.2 Å². The van der Waals surface area contributed by atoms with Gasteiger partial charge in [-0.3, -0.25) is 4.79 Å². The number of fused-ring (bicyclic) bond motifs is 1.